The second-order valence-corrected chi connectivity index (χ2v) is 8.64. The van der Waals surface area contributed by atoms with Crippen LogP contribution in [0.4, 0.5) is 5.69 Å². The molecule has 7 heteroatoms. The molecule has 6 nitrogen and oxygen atoms in total. The number of hydrogen-bond donors (Lipinski definition) is 2. The summed E-state index contributed by atoms with van der Waals surface area (Å²) in [4.78, 5) is 28.6. The topological polar surface area (TPSA) is 70.7 Å². The third kappa shape index (κ3) is 3.06. The first-order valence-electron chi connectivity index (χ1n) is 10.1. The smallest absolute Gasteiger partial charge is 0.254 e. The predicted molar refractivity (Wildman–Crippen MR) is 117 cm³/mol. The van der Waals surface area contributed by atoms with Crippen molar-refractivity contribution in [1.82, 2.24) is 10.2 Å². The summed E-state index contributed by atoms with van der Waals surface area (Å²) >= 11 is 6.35. The Labute approximate surface area is 181 Å². The molecule has 2 aromatic carbocycles. The number of para-hydroxylation sites is 1. The van der Waals surface area contributed by atoms with Crippen molar-refractivity contribution >= 4 is 29.1 Å². The minimum atomic E-state index is -1.30. The summed E-state index contributed by atoms with van der Waals surface area (Å²) < 4.78 is 5.63. The number of halogens is 1. The summed E-state index contributed by atoms with van der Waals surface area (Å²) in [5.41, 5.74) is -0.131. The lowest BCUT2D eigenvalue weighted by Gasteiger charge is -2.41. The van der Waals surface area contributed by atoms with Gasteiger partial charge in [0.25, 0.3) is 5.91 Å². The Hall–Kier alpha value is -2.57. The maximum atomic E-state index is 13.7. The third-order valence-corrected chi connectivity index (χ3v) is 6.42. The van der Waals surface area contributed by atoms with Crippen molar-refractivity contribution in [2.75, 3.05) is 26.5 Å². The molecule has 1 heterocycles. The molecule has 0 aromatic heterocycles. The minimum absolute atomic E-state index is 0.0300. The molecule has 1 aliphatic carbocycles. The number of nitrogens with zero attached hydrogens (tertiary/aromatic N) is 1. The first-order valence-corrected chi connectivity index (χ1v) is 10.5. The standard InChI is InChI=1S/C23H26ClN3O3/c1-27(2)21(29)22(12-6-7-13-22)26-23(16-8-4-5-9-19(16)30-3)17-14-15(24)10-11-18(17)25-20(23)28/h4-5,8-11,14,26H,6-7,12-13H2,1-3H3,(H,25,28). The molecule has 0 spiro atoms. The number of carbonyl (C=O) groups is 2. The van der Waals surface area contributed by atoms with Crippen LogP contribution in [0.2, 0.25) is 5.02 Å². The van der Waals surface area contributed by atoms with Crippen LogP contribution >= 0.6 is 11.6 Å². The molecular weight excluding hydrogens is 402 g/mol. The number of benzene rings is 2. The molecule has 1 fully saturated rings. The fourth-order valence-corrected chi connectivity index (χ4v) is 5.02. The molecule has 2 aromatic rings. The molecule has 0 radical (unpaired) electrons. The van der Waals surface area contributed by atoms with Crippen molar-refractivity contribution < 1.29 is 14.3 Å². The maximum absolute atomic E-state index is 13.7. The van der Waals surface area contributed by atoms with E-state index >= 15 is 0 Å². The van der Waals surface area contributed by atoms with Gasteiger partial charge in [-0.2, -0.15) is 0 Å². The summed E-state index contributed by atoms with van der Waals surface area (Å²) in [6.07, 6.45) is 3.14. The lowest BCUT2D eigenvalue weighted by Crippen LogP contribution is -2.64. The van der Waals surface area contributed by atoms with Crippen LogP contribution in [-0.2, 0) is 15.1 Å². The SMILES string of the molecule is COc1ccccc1C1(NC2(C(=O)N(C)C)CCCC2)C(=O)Nc2ccc(Cl)cc21. The van der Waals surface area contributed by atoms with Crippen molar-refractivity contribution in [3.05, 3.63) is 58.6 Å². The third-order valence-electron chi connectivity index (χ3n) is 6.18. The van der Waals surface area contributed by atoms with Crippen LogP contribution in [0.3, 0.4) is 0 Å². The maximum Gasteiger partial charge on any atom is 0.254 e. The molecule has 4 rings (SSSR count). The fraction of sp³-hybridized carbons (Fsp3) is 0.391. The normalized spacial score (nSPS) is 21.8. The number of nitrogens with one attached hydrogen (secondary N) is 2. The average molecular weight is 428 g/mol. The lowest BCUT2D eigenvalue weighted by molar-refractivity contribution is -0.137. The lowest BCUT2D eigenvalue weighted by atomic mass is 9.79. The van der Waals surface area contributed by atoms with Gasteiger partial charge in [-0.15, -0.1) is 0 Å². The van der Waals surface area contributed by atoms with Gasteiger partial charge in [0.2, 0.25) is 5.91 Å². The molecule has 2 N–H and O–H groups in total. The number of likely N-dealkylation sites (N-methyl/N-ethyl adjacent to an activating group) is 1. The second kappa shape index (κ2) is 7.60. The van der Waals surface area contributed by atoms with Crippen molar-refractivity contribution in [2.24, 2.45) is 0 Å². The van der Waals surface area contributed by atoms with E-state index in [1.165, 1.54) is 0 Å². The van der Waals surface area contributed by atoms with Gasteiger partial charge >= 0.3 is 0 Å². The van der Waals surface area contributed by atoms with Crippen LogP contribution in [0, 0.1) is 0 Å². The Bertz CT molecular complexity index is 1000. The Kier molecular flexibility index (Phi) is 5.24. The van der Waals surface area contributed by atoms with Crippen molar-refractivity contribution in [2.45, 2.75) is 36.8 Å². The summed E-state index contributed by atoms with van der Waals surface area (Å²) in [6, 6.07) is 12.7. The van der Waals surface area contributed by atoms with Gasteiger partial charge in [-0.1, -0.05) is 42.6 Å². The molecule has 158 valence electrons. The van der Waals surface area contributed by atoms with Crippen molar-refractivity contribution in [1.29, 1.82) is 0 Å². The van der Waals surface area contributed by atoms with Crippen LogP contribution in [0.25, 0.3) is 0 Å². The number of amides is 2. The van der Waals surface area contributed by atoms with Crippen LogP contribution < -0.4 is 15.4 Å². The Morgan fingerprint density at radius 3 is 2.50 bits per heavy atom. The second-order valence-electron chi connectivity index (χ2n) is 8.21. The molecule has 1 aliphatic heterocycles. The molecular formula is C23H26ClN3O3. The Balaban J connectivity index is 1.98. The molecule has 1 saturated carbocycles. The molecule has 0 saturated heterocycles. The van der Waals surface area contributed by atoms with Crippen LogP contribution in [-0.4, -0.2) is 43.5 Å². The zero-order valence-electron chi connectivity index (χ0n) is 17.4. The van der Waals surface area contributed by atoms with E-state index in [-0.39, 0.29) is 11.8 Å². The van der Waals surface area contributed by atoms with E-state index in [1.807, 2.05) is 24.3 Å². The van der Waals surface area contributed by atoms with Gasteiger partial charge in [0.15, 0.2) is 5.54 Å². The van der Waals surface area contributed by atoms with E-state index in [0.717, 1.165) is 12.8 Å². The van der Waals surface area contributed by atoms with Gasteiger partial charge in [0, 0.05) is 35.9 Å². The quantitative estimate of drug-likeness (QED) is 0.765. The van der Waals surface area contributed by atoms with Gasteiger partial charge in [0.05, 0.1) is 12.6 Å². The number of rotatable bonds is 5. The average Bonchev–Trinajstić information content (AvgIpc) is 3.31. The monoisotopic (exact) mass is 427 g/mol. The van der Waals surface area contributed by atoms with E-state index in [4.69, 9.17) is 16.3 Å². The summed E-state index contributed by atoms with van der Waals surface area (Å²) in [6.45, 7) is 0. The van der Waals surface area contributed by atoms with E-state index in [2.05, 4.69) is 10.6 Å². The molecule has 2 amide bonds. The van der Waals surface area contributed by atoms with Crippen LogP contribution in [0.15, 0.2) is 42.5 Å². The largest absolute Gasteiger partial charge is 0.496 e. The zero-order chi connectivity index (χ0) is 21.5. The first-order chi connectivity index (χ1) is 14.3. The van der Waals surface area contributed by atoms with Crippen LogP contribution in [0.5, 0.6) is 5.75 Å². The minimum Gasteiger partial charge on any atom is -0.496 e. The zero-order valence-corrected chi connectivity index (χ0v) is 18.2. The summed E-state index contributed by atoms with van der Waals surface area (Å²) in [5.74, 6) is 0.290. The highest BCUT2D eigenvalue weighted by Crippen LogP contribution is 2.48. The van der Waals surface area contributed by atoms with Gasteiger partial charge in [-0.25, -0.2) is 0 Å². The number of methoxy groups -OCH3 is 1. The number of fused-ring (bicyclic) bond motifs is 1. The Morgan fingerprint density at radius 2 is 1.83 bits per heavy atom. The molecule has 1 unspecified atom stereocenters. The molecule has 30 heavy (non-hydrogen) atoms. The molecule has 1 atom stereocenters. The molecule has 0 bridgehead atoms. The van der Waals surface area contributed by atoms with Crippen molar-refractivity contribution in [3.8, 4) is 5.75 Å². The van der Waals surface area contributed by atoms with Crippen molar-refractivity contribution in [3.63, 3.8) is 0 Å². The highest BCUT2D eigenvalue weighted by molar-refractivity contribution is 6.31. The highest BCUT2D eigenvalue weighted by atomic mass is 35.5. The van der Waals surface area contributed by atoms with Gasteiger partial charge < -0.3 is 15.0 Å². The van der Waals surface area contributed by atoms with E-state index < -0.39 is 11.1 Å². The van der Waals surface area contributed by atoms with Crippen LogP contribution in [0.1, 0.15) is 36.8 Å². The van der Waals surface area contributed by atoms with Gasteiger partial charge in [0.1, 0.15) is 5.75 Å². The van der Waals surface area contributed by atoms with Gasteiger partial charge in [-0.05, 0) is 37.1 Å². The number of hydrogen-bond acceptors (Lipinski definition) is 4. The van der Waals surface area contributed by atoms with E-state index in [9.17, 15) is 9.59 Å². The van der Waals surface area contributed by atoms with E-state index in [1.54, 1.807) is 44.3 Å². The molecule has 2 aliphatic rings. The van der Waals surface area contributed by atoms with Gasteiger partial charge in [-0.3, -0.25) is 14.9 Å². The number of anilines is 1. The fourth-order valence-electron chi connectivity index (χ4n) is 4.85. The Morgan fingerprint density at radius 1 is 1.13 bits per heavy atom. The summed E-state index contributed by atoms with van der Waals surface area (Å²) in [7, 11) is 5.08. The van der Waals surface area contributed by atoms with E-state index in [0.29, 0.717) is 40.4 Å². The predicted octanol–water partition coefficient (Wildman–Crippen LogP) is 3.53. The number of ether oxygens (including phenoxy) is 1. The highest BCUT2D eigenvalue weighted by Gasteiger charge is 2.56. The summed E-state index contributed by atoms with van der Waals surface area (Å²) in [5, 5.41) is 7.07. The first kappa shape index (κ1) is 20.7. The number of carbonyl (C=O) groups excluding carboxylic acids is 2.